The van der Waals surface area contributed by atoms with Crippen LogP contribution in [0.1, 0.15) is 23.6 Å². The highest BCUT2D eigenvalue weighted by molar-refractivity contribution is 6.34. The average molecular weight is 352 g/mol. The third-order valence-electron chi connectivity index (χ3n) is 3.49. The Bertz CT molecular complexity index is 721. The molecule has 0 heterocycles. The molecule has 0 bridgehead atoms. The van der Waals surface area contributed by atoms with Crippen molar-refractivity contribution in [3.63, 3.8) is 0 Å². The number of carbonyl (C=O) groups is 1. The van der Waals surface area contributed by atoms with Crippen molar-refractivity contribution in [2.75, 3.05) is 5.32 Å². The fourth-order valence-corrected chi connectivity index (χ4v) is 2.88. The number of amides is 1. The van der Waals surface area contributed by atoms with Crippen LogP contribution < -0.4 is 10.1 Å². The summed E-state index contributed by atoms with van der Waals surface area (Å²) in [5.41, 5.74) is 3.46. The van der Waals surface area contributed by atoms with Gasteiger partial charge in [-0.05, 0) is 68.7 Å². The summed E-state index contributed by atoms with van der Waals surface area (Å²) in [5.74, 6) is 0.372. The van der Waals surface area contributed by atoms with Gasteiger partial charge in [-0.2, -0.15) is 0 Å². The van der Waals surface area contributed by atoms with Crippen molar-refractivity contribution >= 4 is 34.8 Å². The van der Waals surface area contributed by atoms with Gasteiger partial charge in [0.1, 0.15) is 5.75 Å². The number of hydrogen-bond donors (Lipinski definition) is 1. The summed E-state index contributed by atoms with van der Waals surface area (Å²) in [5, 5.41) is 3.99. The van der Waals surface area contributed by atoms with E-state index in [1.807, 2.05) is 32.9 Å². The first kappa shape index (κ1) is 17.6. The van der Waals surface area contributed by atoms with E-state index in [1.165, 1.54) is 0 Å². The van der Waals surface area contributed by atoms with E-state index in [1.54, 1.807) is 25.1 Å². The molecule has 2 rings (SSSR count). The van der Waals surface area contributed by atoms with E-state index in [0.29, 0.717) is 21.5 Å². The number of aryl methyl sites for hydroxylation is 3. The van der Waals surface area contributed by atoms with E-state index >= 15 is 0 Å². The minimum Gasteiger partial charge on any atom is -0.481 e. The molecular weight excluding hydrogens is 333 g/mol. The molecule has 122 valence electrons. The largest absolute Gasteiger partial charge is 0.481 e. The van der Waals surface area contributed by atoms with Gasteiger partial charge in [-0.25, -0.2) is 0 Å². The summed E-state index contributed by atoms with van der Waals surface area (Å²) in [6.45, 7) is 7.44. The molecule has 0 radical (unpaired) electrons. The highest BCUT2D eigenvalue weighted by Crippen LogP contribution is 2.28. The summed E-state index contributed by atoms with van der Waals surface area (Å²) in [6.07, 6.45) is -0.661. The van der Waals surface area contributed by atoms with Crippen LogP contribution in [-0.2, 0) is 4.79 Å². The fraction of sp³-hybridized carbons (Fsp3) is 0.278. The summed E-state index contributed by atoms with van der Waals surface area (Å²) in [7, 11) is 0. The van der Waals surface area contributed by atoms with Gasteiger partial charge < -0.3 is 10.1 Å². The molecule has 5 heteroatoms. The number of nitrogens with one attached hydrogen (secondary N) is 1. The SMILES string of the molecule is Cc1cc(C)c(NC(=O)C(C)Oc2ccc(Cl)cc2C)c(Cl)c1. The van der Waals surface area contributed by atoms with Crippen molar-refractivity contribution in [3.8, 4) is 5.75 Å². The first-order valence-corrected chi connectivity index (χ1v) is 8.04. The molecule has 0 aromatic heterocycles. The van der Waals surface area contributed by atoms with Crippen LogP contribution in [-0.4, -0.2) is 12.0 Å². The van der Waals surface area contributed by atoms with Crippen molar-refractivity contribution in [2.24, 2.45) is 0 Å². The van der Waals surface area contributed by atoms with E-state index in [0.717, 1.165) is 16.7 Å². The van der Waals surface area contributed by atoms with Crippen LogP contribution >= 0.6 is 23.2 Å². The molecule has 3 nitrogen and oxygen atoms in total. The molecular formula is C18H19Cl2NO2. The van der Waals surface area contributed by atoms with Crippen molar-refractivity contribution in [3.05, 3.63) is 57.1 Å². The normalized spacial score (nSPS) is 11.9. The molecule has 0 spiro atoms. The second kappa shape index (κ2) is 7.24. The van der Waals surface area contributed by atoms with E-state index in [2.05, 4.69) is 5.32 Å². The monoisotopic (exact) mass is 351 g/mol. The molecule has 0 aliphatic carbocycles. The lowest BCUT2D eigenvalue weighted by Crippen LogP contribution is -2.30. The molecule has 1 atom stereocenters. The van der Waals surface area contributed by atoms with Crippen LogP contribution in [0.3, 0.4) is 0 Å². The number of ether oxygens (including phenoxy) is 1. The zero-order valence-electron chi connectivity index (χ0n) is 13.5. The summed E-state index contributed by atoms with van der Waals surface area (Å²) in [6, 6.07) is 9.07. The Balaban J connectivity index is 2.11. The van der Waals surface area contributed by atoms with Crippen LogP contribution in [0.2, 0.25) is 10.0 Å². The Kier molecular flexibility index (Phi) is 5.55. The Labute approximate surface area is 146 Å². The van der Waals surface area contributed by atoms with Crippen molar-refractivity contribution < 1.29 is 9.53 Å². The van der Waals surface area contributed by atoms with Crippen LogP contribution in [0, 0.1) is 20.8 Å². The molecule has 0 aliphatic rings. The first-order chi connectivity index (χ1) is 10.8. The maximum atomic E-state index is 12.4. The van der Waals surface area contributed by atoms with E-state index < -0.39 is 6.10 Å². The number of anilines is 1. The molecule has 0 saturated carbocycles. The highest BCUT2D eigenvalue weighted by atomic mass is 35.5. The van der Waals surface area contributed by atoms with Gasteiger partial charge in [0.05, 0.1) is 10.7 Å². The van der Waals surface area contributed by atoms with Gasteiger partial charge >= 0.3 is 0 Å². The third-order valence-corrected chi connectivity index (χ3v) is 4.02. The molecule has 0 aliphatic heterocycles. The van der Waals surface area contributed by atoms with Crippen LogP contribution in [0.5, 0.6) is 5.75 Å². The Morgan fingerprint density at radius 3 is 2.39 bits per heavy atom. The molecule has 1 unspecified atom stereocenters. The predicted molar refractivity (Wildman–Crippen MR) is 95.8 cm³/mol. The second-order valence-electron chi connectivity index (χ2n) is 5.60. The first-order valence-electron chi connectivity index (χ1n) is 7.28. The minimum absolute atomic E-state index is 0.256. The lowest BCUT2D eigenvalue weighted by atomic mass is 10.1. The van der Waals surface area contributed by atoms with Gasteiger partial charge in [-0.1, -0.05) is 29.3 Å². The fourth-order valence-electron chi connectivity index (χ4n) is 2.29. The zero-order valence-corrected chi connectivity index (χ0v) is 15.0. The summed E-state index contributed by atoms with van der Waals surface area (Å²) in [4.78, 5) is 12.4. The molecule has 23 heavy (non-hydrogen) atoms. The van der Waals surface area contributed by atoms with Gasteiger partial charge in [-0.15, -0.1) is 0 Å². The van der Waals surface area contributed by atoms with Gasteiger partial charge in [0.15, 0.2) is 6.10 Å². The highest BCUT2D eigenvalue weighted by Gasteiger charge is 2.18. The van der Waals surface area contributed by atoms with Crippen molar-refractivity contribution in [1.82, 2.24) is 0 Å². The standard InChI is InChI=1S/C18H19Cl2NO2/c1-10-7-12(3)17(15(20)8-10)21-18(22)13(4)23-16-6-5-14(19)9-11(16)2/h5-9,13H,1-4H3,(H,21,22). The zero-order chi connectivity index (χ0) is 17.1. The van der Waals surface area contributed by atoms with E-state index in [-0.39, 0.29) is 5.91 Å². The number of hydrogen-bond acceptors (Lipinski definition) is 2. The van der Waals surface area contributed by atoms with Crippen molar-refractivity contribution in [2.45, 2.75) is 33.8 Å². The number of halogens is 2. The molecule has 0 saturated heterocycles. The van der Waals surface area contributed by atoms with E-state index in [4.69, 9.17) is 27.9 Å². The van der Waals surface area contributed by atoms with Crippen molar-refractivity contribution in [1.29, 1.82) is 0 Å². The molecule has 2 aromatic rings. The quantitative estimate of drug-likeness (QED) is 0.808. The number of rotatable bonds is 4. The minimum atomic E-state index is -0.661. The van der Waals surface area contributed by atoms with Gasteiger partial charge in [-0.3, -0.25) is 4.79 Å². The lowest BCUT2D eigenvalue weighted by Gasteiger charge is -2.18. The molecule has 2 aromatic carbocycles. The van der Waals surface area contributed by atoms with Crippen LogP contribution in [0.25, 0.3) is 0 Å². The lowest BCUT2D eigenvalue weighted by molar-refractivity contribution is -0.122. The van der Waals surface area contributed by atoms with Gasteiger partial charge in [0, 0.05) is 5.02 Å². The smallest absolute Gasteiger partial charge is 0.265 e. The van der Waals surface area contributed by atoms with Gasteiger partial charge in [0.2, 0.25) is 0 Å². The Morgan fingerprint density at radius 1 is 1.09 bits per heavy atom. The molecule has 1 amide bonds. The predicted octanol–water partition coefficient (Wildman–Crippen LogP) is 5.32. The second-order valence-corrected chi connectivity index (χ2v) is 6.44. The van der Waals surface area contributed by atoms with E-state index in [9.17, 15) is 4.79 Å². The average Bonchev–Trinajstić information content (AvgIpc) is 2.45. The Morgan fingerprint density at radius 2 is 1.78 bits per heavy atom. The van der Waals surface area contributed by atoms with Crippen LogP contribution in [0.4, 0.5) is 5.69 Å². The maximum Gasteiger partial charge on any atom is 0.265 e. The number of carbonyl (C=O) groups excluding carboxylic acids is 1. The summed E-state index contributed by atoms with van der Waals surface area (Å²) < 4.78 is 5.72. The molecule has 0 fully saturated rings. The topological polar surface area (TPSA) is 38.3 Å². The maximum absolute atomic E-state index is 12.4. The van der Waals surface area contributed by atoms with Crippen LogP contribution in [0.15, 0.2) is 30.3 Å². The number of benzene rings is 2. The molecule has 1 N–H and O–H groups in total. The third kappa shape index (κ3) is 4.40. The summed E-state index contributed by atoms with van der Waals surface area (Å²) >= 11 is 12.1. The Hall–Kier alpha value is -1.71. The van der Waals surface area contributed by atoms with Gasteiger partial charge in [0.25, 0.3) is 5.91 Å².